The molecule has 0 radical (unpaired) electrons. The summed E-state index contributed by atoms with van der Waals surface area (Å²) in [5, 5.41) is 10.8. The number of benzene rings is 1. The van der Waals surface area contributed by atoms with Gasteiger partial charge in [-0.3, -0.25) is 9.59 Å². The molecular weight excluding hydrogens is 304 g/mol. The third-order valence-electron chi connectivity index (χ3n) is 3.79. The molecular formula is C16H15ClN2O3. The first-order valence-electron chi connectivity index (χ1n) is 6.94. The van der Waals surface area contributed by atoms with Crippen molar-refractivity contribution in [2.24, 2.45) is 0 Å². The minimum absolute atomic E-state index is 0.179. The van der Waals surface area contributed by atoms with Crippen LogP contribution in [0.4, 0.5) is 0 Å². The molecule has 0 bridgehead atoms. The highest BCUT2D eigenvalue weighted by molar-refractivity contribution is 6.30. The van der Waals surface area contributed by atoms with Crippen molar-refractivity contribution in [3.8, 4) is 5.75 Å². The number of rotatable bonds is 3. The highest BCUT2D eigenvalue weighted by Crippen LogP contribution is 2.29. The minimum atomic E-state index is -0.281. The molecule has 2 heterocycles. The van der Waals surface area contributed by atoms with E-state index in [0.29, 0.717) is 24.7 Å². The van der Waals surface area contributed by atoms with Crippen LogP contribution < -0.4 is 0 Å². The molecule has 0 aliphatic carbocycles. The lowest BCUT2D eigenvalue weighted by molar-refractivity contribution is 0.0687. The predicted molar refractivity (Wildman–Crippen MR) is 82.3 cm³/mol. The molecule has 0 saturated heterocycles. The Morgan fingerprint density at radius 1 is 1.36 bits per heavy atom. The smallest absolute Gasteiger partial charge is 0.274 e. The number of nitrogens with zero attached hydrogens (tertiary/aromatic N) is 2. The van der Waals surface area contributed by atoms with Crippen LogP contribution >= 0.6 is 11.6 Å². The molecule has 1 N–H and O–H groups in total. The maximum absolute atomic E-state index is 12.6. The Balaban J connectivity index is 1.89. The highest BCUT2D eigenvalue weighted by Gasteiger charge is 2.30. The average Bonchev–Trinajstić information content (AvgIpc) is 2.80. The first-order chi connectivity index (χ1) is 10.5. The van der Waals surface area contributed by atoms with Crippen molar-refractivity contribution in [3.63, 3.8) is 0 Å². The minimum Gasteiger partial charge on any atom is -0.505 e. The van der Waals surface area contributed by atoms with Gasteiger partial charge in [-0.1, -0.05) is 23.7 Å². The molecule has 0 spiro atoms. The Bertz CT molecular complexity index is 767. The summed E-state index contributed by atoms with van der Waals surface area (Å²) < 4.78 is 1.64. The quantitative estimate of drug-likeness (QED) is 0.885. The second-order valence-corrected chi connectivity index (χ2v) is 5.78. The molecule has 0 atom stereocenters. The molecule has 1 aliphatic heterocycles. The third-order valence-corrected chi connectivity index (χ3v) is 4.03. The van der Waals surface area contributed by atoms with Gasteiger partial charge in [0.1, 0.15) is 5.69 Å². The van der Waals surface area contributed by atoms with E-state index in [4.69, 9.17) is 11.6 Å². The molecule has 1 aromatic heterocycles. The summed E-state index contributed by atoms with van der Waals surface area (Å²) in [6.45, 7) is 2.85. The van der Waals surface area contributed by atoms with Crippen molar-refractivity contribution in [2.75, 3.05) is 6.54 Å². The first-order valence-corrected chi connectivity index (χ1v) is 7.32. The van der Waals surface area contributed by atoms with Crippen LogP contribution in [0.25, 0.3) is 0 Å². The van der Waals surface area contributed by atoms with Crippen molar-refractivity contribution < 1.29 is 14.7 Å². The van der Waals surface area contributed by atoms with E-state index in [1.807, 2.05) is 18.2 Å². The topological polar surface area (TPSA) is 62.5 Å². The highest BCUT2D eigenvalue weighted by atomic mass is 35.5. The standard InChI is InChI=1S/C16H15ClN2O3/c1-10(20)13-9-18-5-6-19(16(22)14(18)15(13)21)8-11-3-2-4-12(17)7-11/h2-4,7,9,21H,5-6,8H2,1H3. The number of halogens is 1. The number of amides is 1. The van der Waals surface area contributed by atoms with Gasteiger partial charge in [0.2, 0.25) is 0 Å². The lowest BCUT2D eigenvalue weighted by atomic mass is 10.1. The van der Waals surface area contributed by atoms with E-state index in [1.54, 1.807) is 21.7 Å². The summed E-state index contributed by atoms with van der Waals surface area (Å²) in [6.07, 6.45) is 1.54. The van der Waals surface area contributed by atoms with Crippen LogP contribution in [0.2, 0.25) is 5.02 Å². The van der Waals surface area contributed by atoms with E-state index in [-0.39, 0.29) is 28.7 Å². The molecule has 22 heavy (non-hydrogen) atoms. The van der Waals surface area contributed by atoms with Gasteiger partial charge in [-0.05, 0) is 24.6 Å². The summed E-state index contributed by atoms with van der Waals surface area (Å²) in [6, 6.07) is 7.32. The van der Waals surface area contributed by atoms with E-state index in [0.717, 1.165) is 5.56 Å². The Hall–Kier alpha value is -2.27. The summed E-state index contributed by atoms with van der Waals surface area (Å²) in [5.74, 6) is -0.766. The van der Waals surface area contributed by atoms with E-state index in [9.17, 15) is 14.7 Å². The summed E-state index contributed by atoms with van der Waals surface area (Å²) in [7, 11) is 0. The third kappa shape index (κ3) is 2.48. The van der Waals surface area contributed by atoms with Crippen molar-refractivity contribution >= 4 is 23.3 Å². The fraction of sp³-hybridized carbons (Fsp3) is 0.250. The molecule has 1 aliphatic rings. The molecule has 1 aromatic carbocycles. The van der Waals surface area contributed by atoms with E-state index >= 15 is 0 Å². The normalized spacial score (nSPS) is 14.1. The second kappa shape index (κ2) is 5.50. The number of aromatic hydroxyl groups is 1. The monoisotopic (exact) mass is 318 g/mol. The molecule has 3 rings (SSSR count). The number of carbonyl (C=O) groups excluding carboxylic acids is 2. The maximum Gasteiger partial charge on any atom is 0.274 e. The van der Waals surface area contributed by atoms with Crippen LogP contribution in [0.1, 0.15) is 33.3 Å². The number of hydrogen-bond donors (Lipinski definition) is 1. The van der Waals surface area contributed by atoms with Crippen molar-refractivity contribution in [2.45, 2.75) is 20.0 Å². The number of hydrogen-bond acceptors (Lipinski definition) is 3. The van der Waals surface area contributed by atoms with Gasteiger partial charge in [0.25, 0.3) is 5.91 Å². The van der Waals surface area contributed by atoms with Gasteiger partial charge in [0, 0.05) is 30.9 Å². The van der Waals surface area contributed by atoms with Gasteiger partial charge in [-0.2, -0.15) is 0 Å². The predicted octanol–water partition coefficient (Wildman–Crippen LogP) is 2.71. The largest absolute Gasteiger partial charge is 0.505 e. The van der Waals surface area contributed by atoms with Crippen molar-refractivity contribution in [1.82, 2.24) is 9.47 Å². The van der Waals surface area contributed by atoms with E-state index in [2.05, 4.69) is 0 Å². The fourth-order valence-electron chi connectivity index (χ4n) is 2.69. The van der Waals surface area contributed by atoms with Crippen LogP contribution in [-0.4, -0.2) is 32.8 Å². The summed E-state index contributed by atoms with van der Waals surface area (Å²) in [4.78, 5) is 25.7. The Kier molecular flexibility index (Phi) is 3.66. The molecule has 0 saturated carbocycles. The molecule has 0 fully saturated rings. The zero-order valence-electron chi connectivity index (χ0n) is 12.0. The van der Waals surface area contributed by atoms with Crippen LogP contribution in [-0.2, 0) is 13.1 Å². The Morgan fingerprint density at radius 3 is 2.82 bits per heavy atom. The van der Waals surface area contributed by atoms with E-state index in [1.165, 1.54) is 6.92 Å². The lowest BCUT2D eigenvalue weighted by Gasteiger charge is -2.28. The molecule has 1 amide bonds. The number of ketones is 1. The number of aromatic nitrogens is 1. The zero-order chi connectivity index (χ0) is 15.9. The number of Topliss-reactive ketones (excluding diaryl/α,β-unsaturated/α-hetero) is 1. The van der Waals surface area contributed by atoms with Gasteiger partial charge in [-0.25, -0.2) is 0 Å². The van der Waals surface area contributed by atoms with Gasteiger partial charge >= 0.3 is 0 Å². The Labute approximate surface area is 132 Å². The molecule has 5 nitrogen and oxygen atoms in total. The fourth-order valence-corrected chi connectivity index (χ4v) is 2.90. The van der Waals surface area contributed by atoms with Crippen molar-refractivity contribution in [1.29, 1.82) is 0 Å². The van der Waals surface area contributed by atoms with Crippen molar-refractivity contribution in [3.05, 3.63) is 52.3 Å². The van der Waals surface area contributed by atoms with Gasteiger partial charge in [0.15, 0.2) is 11.5 Å². The average molecular weight is 319 g/mol. The van der Waals surface area contributed by atoms with E-state index < -0.39 is 0 Å². The number of carbonyl (C=O) groups is 2. The lowest BCUT2D eigenvalue weighted by Crippen LogP contribution is -2.39. The van der Waals surface area contributed by atoms with Crippen LogP contribution in [0.15, 0.2) is 30.5 Å². The first kappa shape index (κ1) is 14.7. The van der Waals surface area contributed by atoms with Crippen LogP contribution in [0.3, 0.4) is 0 Å². The summed E-state index contributed by atoms with van der Waals surface area (Å²) >= 11 is 5.96. The van der Waals surface area contributed by atoms with Gasteiger partial charge in [-0.15, -0.1) is 0 Å². The van der Waals surface area contributed by atoms with Gasteiger partial charge < -0.3 is 14.6 Å². The number of fused-ring (bicyclic) bond motifs is 1. The zero-order valence-corrected chi connectivity index (χ0v) is 12.8. The SMILES string of the molecule is CC(=O)c1cn2c(c1O)C(=O)N(Cc1cccc(Cl)c1)CC2. The molecule has 2 aromatic rings. The maximum atomic E-state index is 12.6. The van der Waals surface area contributed by atoms with Crippen LogP contribution in [0.5, 0.6) is 5.75 Å². The summed E-state index contributed by atoms with van der Waals surface area (Å²) in [5.41, 5.74) is 1.29. The van der Waals surface area contributed by atoms with Gasteiger partial charge in [0.05, 0.1) is 5.56 Å². The second-order valence-electron chi connectivity index (χ2n) is 5.35. The Morgan fingerprint density at radius 2 is 2.14 bits per heavy atom. The molecule has 0 unspecified atom stereocenters. The molecule has 114 valence electrons. The van der Waals surface area contributed by atoms with Crippen LogP contribution in [0, 0.1) is 0 Å². The molecule has 6 heteroatoms.